The Bertz CT molecular complexity index is 491. The summed E-state index contributed by atoms with van der Waals surface area (Å²) >= 11 is 0. The smallest absolute Gasteiger partial charge is 0.341 e. The summed E-state index contributed by atoms with van der Waals surface area (Å²) in [6.45, 7) is 7.07. The molecular formula is C17H30NO5+. The van der Waals surface area contributed by atoms with Crippen molar-refractivity contribution in [2.45, 2.75) is 51.0 Å². The molecule has 0 aromatic heterocycles. The molecule has 132 valence electrons. The number of rotatable bonds is 6. The molecule has 2 aliphatic rings. The Labute approximate surface area is 138 Å². The van der Waals surface area contributed by atoms with Crippen molar-refractivity contribution in [1.82, 2.24) is 0 Å². The monoisotopic (exact) mass is 328 g/mol. The fourth-order valence-corrected chi connectivity index (χ4v) is 3.90. The number of aliphatic hydroxyl groups is 2. The highest BCUT2D eigenvalue weighted by Gasteiger charge is 2.51. The molecule has 0 radical (unpaired) electrons. The van der Waals surface area contributed by atoms with Crippen LogP contribution in [0.4, 0.5) is 0 Å². The van der Waals surface area contributed by atoms with Gasteiger partial charge in [-0.15, -0.1) is 0 Å². The van der Waals surface area contributed by atoms with E-state index in [9.17, 15) is 15.0 Å². The fraction of sp³-hybridized carbons (Fsp3) is 0.824. The maximum atomic E-state index is 12.5. The van der Waals surface area contributed by atoms with E-state index in [1.807, 2.05) is 0 Å². The zero-order valence-electron chi connectivity index (χ0n) is 14.8. The zero-order valence-corrected chi connectivity index (χ0v) is 14.8. The van der Waals surface area contributed by atoms with Gasteiger partial charge < -0.3 is 24.2 Å². The summed E-state index contributed by atoms with van der Waals surface area (Å²) in [5, 5.41) is 20.9. The van der Waals surface area contributed by atoms with Gasteiger partial charge in [-0.25, -0.2) is 4.79 Å². The van der Waals surface area contributed by atoms with Gasteiger partial charge >= 0.3 is 5.97 Å². The zero-order chi connectivity index (χ0) is 17.4. The number of fused-ring (bicyclic) bond motifs is 1. The van der Waals surface area contributed by atoms with E-state index in [1.54, 1.807) is 20.8 Å². The minimum Gasteiger partial charge on any atom is -0.459 e. The van der Waals surface area contributed by atoms with Crippen LogP contribution in [0.15, 0.2) is 11.6 Å². The molecule has 6 heteroatoms. The molecule has 0 aliphatic carbocycles. The molecule has 5 atom stereocenters. The highest BCUT2D eigenvalue weighted by atomic mass is 16.6. The third-order valence-corrected chi connectivity index (χ3v) is 5.67. The molecule has 0 saturated carbocycles. The number of carbonyl (C=O) groups excluding carboxylic acids is 1. The molecule has 6 nitrogen and oxygen atoms in total. The fourth-order valence-electron chi connectivity index (χ4n) is 3.90. The molecule has 0 bridgehead atoms. The lowest BCUT2D eigenvalue weighted by molar-refractivity contribution is -0.906. The average Bonchev–Trinajstić information content (AvgIpc) is 2.99. The van der Waals surface area contributed by atoms with E-state index in [-0.39, 0.29) is 18.6 Å². The van der Waals surface area contributed by atoms with Gasteiger partial charge in [0.1, 0.15) is 18.8 Å². The lowest BCUT2D eigenvalue weighted by Crippen LogP contribution is -2.54. The summed E-state index contributed by atoms with van der Waals surface area (Å²) in [6, 6.07) is -0.00482. The second-order valence-electron chi connectivity index (χ2n) is 7.40. The van der Waals surface area contributed by atoms with Crippen LogP contribution >= 0.6 is 0 Å². The Balaban J connectivity index is 2.04. The summed E-state index contributed by atoms with van der Waals surface area (Å²) in [6.07, 6.45) is 1.76. The summed E-state index contributed by atoms with van der Waals surface area (Å²) in [7, 11) is 3.58. The Hall–Kier alpha value is -0.950. The largest absolute Gasteiger partial charge is 0.459 e. The second kappa shape index (κ2) is 6.51. The number of ether oxygens (including phenoxy) is 2. The lowest BCUT2D eigenvalue weighted by Gasteiger charge is -2.35. The van der Waals surface area contributed by atoms with Gasteiger partial charge in [0, 0.05) is 19.1 Å². The van der Waals surface area contributed by atoms with Crippen molar-refractivity contribution in [2.75, 3.05) is 33.9 Å². The number of carbonyl (C=O) groups is 1. The molecule has 0 unspecified atom stereocenters. The summed E-state index contributed by atoms with van der Waals surface area (Å²) < 4.78 is 11.4. The van der Waals surface area contributed by atoms with Crippen LogP contribution in [0.25, 0.3) is 0 Å². The standard InChI is InChI=1S/C17H30NO5/c1-11(2)17(21,12(3)22-5)16(20)23-10-13-6-8-18(4)9-7-14(19)15(13)18/h6,11-12,14-15,19,21H,7-10H2,1-5H3/q+1/t12-,14+,15+,17-,18+/m0/s1. The maximum Gasteiger partial charge on any atom is 0.341 e. The Morgan fingerprint density at radius 3 is 2.70 bits per heavy atom. The first kappa shape index (κ1) is 18.4. The first-order chi connectivity index (χ1) is 10.7. The molecule has 0 aromatic carbocycles. The molecule has 2 N–H and O–H groups in total. The number of methoxy groups -OCH3 is 1. The van der Waals surface area contributed by atoms with Gasteiger partial charge in [-0.1, -0.05) is 13.8 Å². The maximum absolute atomic E-state index is 12.5. The molecule has 0 spiro atoms. The third-order valence-electron chi connectivity index (χ3n) is 5.67. The predicted octanol–water partition coefficient (Wildman–Crippen LogP) is 0.471. The first-order valence-corrected chi connectivity index (χ1v) is 8.30. The van der Waals surface area contributed by atoms with Crippen LogP contribution in [0.3, 0.4) is 0 Å². The topological polar surface area (TPSA) is 76.0 Å². The Kier molecular flexibility index (Phi) is 5.21. The van der Waals surface area contributed by atoms with E-state index in [1.165, 1.54) is 7.11 Å². The molecule has 0 amide bonds. The van der Waals surface area contributed by atoms with Gasteiger partial charge in [0.2, 0.25) is 0 Å². The van der Waals surface area contributed by atoms with E-state index in [0.717, 1.165) is 29.6 Å². The first-order valence-electron chi connectivity index (χ1n) is 8.30. The van der Waals surface area contributed by atoms with E-state index in [4.69, 9.17) is 9.47 Å². The number of nitrogens with zero attached hydrogens (tertiary/aromatic N) is 1. The van der Waals surface area contributed by atoms with Gasteiger partial charge in [-0.2, -0.15) is 0 Å². The minimum absolute atomic E-state index is 0.00482. The summed E-state index contributed by atoms with van der Waals surface area (Å²) in [5.41, 5.74) is -0.734. The van der Waals surface area contributed by atoms with Crippen LogP contribution < -0.4 is 0 Å². The number of esters is 1. The van der Waals surface area contributed by atoms with E-state index in [2.05, 4.69) is 13.1 Å². The highest BCUT2D eigenvalue weighted by molar-refractivity contribution is 5.80. The van der Waals surface area contributed by atoms with Crippen molar-refractivity contribution >= 4 is 5.97 Å². The van der Waals surface area contributed by atoms with Crippen LogP contribution in [-0.4, -0.2) is 78.4 Å². The SMILES string of the molecule is CO[C@@H](C)[C@](O)(C(=O)OCC1=CC[N@+]2(C)CC[C@@H](O)[C@@H]12)C(C)C. The molecule has 0 aromatic rings. The average molecular weight is 328 g/mol. The van der Waals surface area contributed by atoms with Gasteiger partial charge in [0.25, 0.3) is 0 Å². The minimum atomic E-state index is -1.68. The molecule has 23 heavy (non-hydrogen) atoms. The van der Waals surface area contributed by atoms with Crippen LogP contribution in [0, 0.1) is 5.92 Å². The molecular weight excluding hydrogens is 298 g/mol. The lowest BCUT2D eigenvalue weighted by atomic mass is 9.85. The van der Waals surface area contributed by atoms with Gasteiger partial charge in [-0.05, 0) is 18.9 Å². The van der Waals surface area contributed by atoms with Gasteiger partial charge in [0.15, 0.2) is 5.60 Å². The third kappa shape index (κ3) is 3.05. The van der Waals surface area contributed by atoms with Crippen LogP contribution in [-0.2, 0) is 14.3 Å². The predicted molar refractivity (Wildman–Crippen MR) is 85.6 cm³/mol. The Morgan fingerprint density at radius 1 is 1.48 bits per heavy atom. The molecule has 2 heterocycles. The van der Waals surface area contributed by atoms with E-state index in [0.29, 0.717) is 0 Å². The molecule has 2 aliphatic heterocycles. The van der Waals surface area contributed by atoms with Crippen molar-refractivity contribution in [3.05, 3.63) is 11.6 Å². The number of hydrogen-bond acceptors (Lipinski definition) is 5. The van der Waals surface area contributed by atoms with Crippen LogP contribution in [0.1, 0.15) is 27.2 Å². The molecule has 1 fully saturated rings. The summed E-state index contributed by atoms with van der Waals surface area (Å²) in [5.74, 6) is -1.00. The van der Waals surface area contributed by atoms with Crippen molar-refractivity contribution in [3.63, 3.8) is 0 Å². The molecule has 1 saturated heterocycles. The van der Waals surface area contributed by atoms with Crippen molar-refractivity contribution < 1.29 is 29.0 Å². The number of likely N-dealkylation sites (N-methyl/N-ethyl adjacent to an activating group) is 1. The number of hydrogen-bond donors (Lipinski definition) is 2. The summed E-state index contributed by atoms with van der Waals surface area (Å²) in [4.78, 5) is 12.5. The van der Waals surface area contributed by atoms with Gasteiger partial charge in [-0.3, -0.25) is 0 Å². The quantitative estimate of drug-likeness (QED) is 0.421. The normalized spacial score (nSPS) is 34.0. The van der Waals surface area contributed by atoms with Crippen molar-refractivity contribution in [3.8, 4) is 0 Å². The van der Waals surface area contributed by atoms with Crippen molar-refractivity contribution in [1.29, 1.82) is 0 Å². The van der Waals surface area contributed by atoms with E-state index < -0.39 is 23.8 Å². The second-order valence-corrected chi connectivity index (χ2v) is 7.40. The number of aliphatic hydroxyl groups excluding tert-OH is 1. The van der Waals surface area contributed by atoms with E-state index >= 15 is 0 Å². The van der Waals surface area contributed by atoms with Gasteiger partial charge in [0.05, 0.1) is 26.2 Å². The Morgan fingerprint density at radius 2 is 2.13 bits per heavy atom. The highest BCUT2D eigenvalue weighted by Crippen LogP contribution is 2.35. The van der Waals surface area contributed by atoms with Crippen LogP contribution in [0.2, 0.25) is 0 Å². The molecule has 2 rings (SSSR count). The van der Waals surface area contributed by atoms with Crippen LogP contribution in [0.5, 0.6) is 0 Å². The van der Waals surface area contributed by atoms with Crippen molar-refractivity contribution in [2.24, 2.45) is 5.92 Å². The number of quaternary nitrogens is 1.